The largest absolute Gasteiger partial charge is 0.493 e. The fourth-order valence-corrected chi connectivity index (χ4v) is 6.02. The number of benzene rings is 2. The number of piperazine rings is 1. The molecule has 2 unspecified atom stereocenters. The molecule has 0 radical (unpaired) electrons. The van der Waals surface area contributed by atoms with E-state index < -0.39 is 12.5 Å². The average molecular weight is 524 g/mol. The molecule has 2 N–H and O–H groups in total. The van der Waals surface area contributed by atoms with Crippen molar-refractivity contribution in [1.29, 1.82) is 0 Å². The number of fused-ring (bicyclic) bond motifs is 3. The van der Waals surface area contributed by atoms with Gasteiger partial charge in [-0.15, -0.1) is 0 Å². The lowest BCUT2D eigenvalue weighted by Gasteiger charge is -2.32. The zero-order valence-corrected chi connectivity index (χ0v) is 21.6. The second kappa shape index (κ2) is 9.58. The number of amides is 1. The monoisotopic (exact) mass is 523 g/mol. The first-order valence-electron chi connectivity index (χ1n) is 12.9. The van der Waals surface area contributed by atoms with Crippen LogP contribution in [0.25, 0.3) is 11.3 Å². The number of methoxy groups -OCH3 is 2. The predicted octanol–water partition coefficient (Wildman–Crippen LogP) is 4.43. The molecule has 4 heterocycles. The maximum Gasteiger partial charge on any atom is 0.260 e. The van der Waals surface area contributed by atoms with Gasteiger partial charge in [-0.3, -0.25) is 4.79 Å². The molecule has 8 nitrogen and oxygen atoms in total. The minimum absolute atomic E-state index is 0.0370. The summed E-state index contributed by atoms with van der Waals surface area (Å²) in [6.07, 6.45) is -1.41. The van der Waals surface area contributed by atoms with Crippen LogP contribution in [0, 0.1) is 6.92 Å². The standard InChI is InChI=1S/C28H31F2N5O3/c1-15-8-17(28(36)34-14-18-10-19(34)13-31-18)4-6-20(15)22-12-26-32-21(11-23(27(29)30)35(26)33-22)16-5-7-24(37-2)25(9-16)38-3/h4-9,12,18-19,21,23,27,31-32H,10-11,13-14H2,1-3H3/t18-,19-,21?,23?/m0/s1. The third kappa shape index (κ3) is 4.16. The van der Waals surface area contributed by atoms with Crippen molar-refractivity contribution in [2.45, 2.75) is 50.4 Å². The highest BCUT2D eigenvalue weighted by atomic mass is 19.3. The van der Waals surface area contributed by atoms with Gasteiger partial charge in [-0.1, -0.05) is 12.1 Å². The van der Waals surface area contributed by atoms with Crippen LogP contribution >= 0.6 is 0 Å². The number of ether oxygens (including phenoxy) is 2. The lowest BCUT2D eigenvalue weighted by Crippen LogP contribution is -2.46. The summed E-state index contributed by atoms with van der Waals surface area (Å²) in [5.41, 5.74) is 3.74. The van der Waals surface area contributed by atoms with E-state index in [4.69, 9.17) is 9.47 Å². The quantitative estimate of drug-likeness (QED) is 0.498. The summed E-state index contributed by atoms with van der Waals surface area (Å²) in [5.74, 6) is 1.69. The summed E-state index contributed by atoms with van der Waals surface area (Å²) in [4.78, 5) is 15.1. The lowest BCUT2D eigenvalue weighted by atomic mass is 9.97. The SMILES string of the molecule is COc1ccc(C2CC(C(F)F)n3nc(-c4ccc(C(=O)N5C[C@@H]6C[C@H]5CN6)cc4C)cc3N2)cc1OC. The van der Waals surface area contributed by atoms with Crippen molar-refractivity contribution in [3.8, 4) is 22.8 Å². The van der Waals surface area contributed by atoms with Gasteiger partial charge in [-0.05, 0) is 55.2 Å². The summed E-state index contributed by atoms with van der Waals surface area (Å²) in [7, 11) is 3.11. The molecule has 38 heavy (non-hydrogen) atoms. The second-order valence-corrected chi connectivity index (χ2v) is 10.3. The molecule has 200 valence electrons. The molecule has 2 bridgehead atoms. The highest BCUT2D eigenvalue weighted by molar-refractivity contribution is 5.95. The number of carbonyl (C=O) groups is 1. The Morgan fingerprint density at radius 1 is 1.08 bits per heavy atom. The van der Waals surface area contributed by atoms with E-state index in [9.17, 15) is 13.6 Å². The lowest BCUT2D eigenvalue weighted by molar-refractivity contribution is 0.0659. The molecule has 4 atom stereocenters. The molecule has 10 heteroatoms. The van der Waals surface area contributed by atoms with Crippen molar-refractivity contribution in [3.05, 3.63) is 59.2 Å². The van der Waals surface area contributed by atoms with E-state index in [-0.39, 0.29) is 24.4 Å². The number of carbonyl (C=O) groups excluding carboxylic acids is 1. The molecule has 3 aliphatic rings. The molecule has 0 saturated carbocycles. The van der Waals surface area contributed by atoms with Crippen LogP contribution in [-0.2, 0) is 0 Å². The Morgan fingerprint density at radius 2 is 1.89 bits per heavy atom. The number of hydrogen-bond donors (Lipinski definition) is 2. The van der Waals surface area contributed by atoms with Gasteiger partial charge in [0.25, 0.3) is 12.3 Å². The van der Waals surface area contributed by atoms with Gasteiger partial charge >= 0.3 is 0 Å². The van der Waals surface area contributed by atoms with Gasteiger partial charge in [-0.25, -0.2) is 13.5 Å². The summed E-state index contributed by atoms with van der Waals surface area (Å²) in [5, 5.41) is 11.4. The zero-order chi connectivity index (χ0) is 26.6. The van der Waals surface area contributed by atoms with E-state index in [0.717, 1.165) is 36.2 Å². The smallest absolute Gasteiger partial charge is 0.260 e. The van der Waals surface area contributed by atoms with Gasteiger partial charge in [0.2, 0.25) is 0 Å². The number of hydrogen-bond acceptors (Lipinski definition) is 6. The Bertz CT molecular complexity index is 1380. The van der Waals surface area contributed by atoms with Crippen LogP contribution in [0.3, 0.4) is 0 Å². The number of anilines is 1. The van der Waals surface area contributed by atoms with Gasteiger partial charge in [0.05, 0.1) is 26.0 Å². The molecule has 1 aromatic heterocycles. The minimum atomic E-state index is -2.59. The Kier molecular flexibility index (Phi) is 6.22. The molecule has 6 rings (SSSR count). The Labute approximate surface area is 219 Å². The molecule has 1 amide bonds. The van der Waals surface area contributed by atoms with Crippen molar-refractivity contribution >= 4 is 11.7 Å². The number of halogens is 2. The van der Waals surface area contributed by atoms with Crippen molar-refractivity contribution in [3.63, 3.8) is 0 Å². The highest BCUT2D eigenvalue weighted by Crippen LogP contribution is 2.42. The number of likely N-dealkylation sites (tertiary alicyclic amines) is 1. The molecule has 3 aliphatic heterocycles. The first-order chi connectivity index (χ1) is 18.4. The number of rotatable bonds is 6. The number of nitrogens with zero attached hydrogens (tertiary/aromatic N) is 3. The fourth-order valence-electron chi connectivity index (χ4n) is 6.02. The number of aromatic nitrogens is 2. The van der Waals surface area contributed by atoms with E-state index in [1.165, 1.54) is 4.68 Å². The fraction of sp³-hybridized carbons (Fsp3) is 0.429. The number of nitrogens with one attached hydrogen (secondary N) is 2. The summed E-state index contributed by atoms with van der Waals surface area (Å²) >= 11 is 0. The minimum Gasteiger partial charge on any atom is -0.493 e. The second-order valence-electron chi connectivity index (χ2n) is 10.3. The van der Waals surface area contributed by atoms with E-state index in [0.29, 0.717) is 34.6 Å². The Balaban J connectivity index is 1.28. The van der Waals surface area contributed by atoms with Gasteiger partial charge in [-0.2, -0.15) is 5.10 Å². The molecule has 0 spiro atoms. The molecular weight excluding hydrogens is 492 g/mol. The molecule has 2 aromatic carbocycles. The van der Waals surface area contributed by atoms with Crippen LogP contribution in [-0.4, -0.2) is 66.4 Å². The van der Waals surface area contributed by atoms with Crippen LogP contribution in [0.15, 0.2) is 42.5 Å². The van der Waals surface area contributed by atoms with Gasteiger partial charge in [0.15, 0.2) is 11.5 Å². The van der Waals surface area contributed by atoms with E-state index in [1.54, 1.807) is 26.4 Å². The third-order valence-electron chi connectivity index (χ3n) is 8.02. The van der Waals surface area contributed by atoms with E-state index in [2.05, 4.69) is 15.7 Å². The molecule has 2 saturated heterocycles. The van der Waals surface area contributed by atoms with Crippen LogP contribution in [0.5, 0.6) is 11.5 Å². The highest BCUT2D eigenvalue weighted by Gasteiger charge is 2.40. The predicted molar refractivity (Wildman–Crippen MR) is 139 cm³/mol. The molecular formula is C28H31F2N5O3. The Hall–Kier alpha value is -3.66. The number of aryl methyl sites for hydroxylation is 1. The van der Waals surface area contributed by atoms with Crippen LogP contribution in [0.2, 0.25) is 0 Å². The van der Waals surface area contributed by atoms with Crippen molar-refractivity contribution in [2.24, 2.45) is 0 Å². The van der Waals surface area contributed by atoms with Gasteiger partial charge in [0, 0.05) is 42.4 Å². The van der Waals surface area contributed by atoms with E-state index >= 15 is 0 Å². The number of alkyl halides is 2. The molecule has 0 aliphatic carbocycles. The summed E-state index contributed by atoms with van der Waals surface area (Å²) < 4.78 is 40.6. The average Bonchev–Trinajstić information content (AvgIpc) is 3.67. The van der Waals surface area contributed by atoms with Gasteiger partial charge < -0.3 is 25.0 Å². The van der Waals surface area contributed by atoms with Crippen molar-refractivity contribution in [1.82, 2.24) is 20.0 Å². The van der Waals surface area contributed by atoms with Crippen molar-refractivity contribution < 1.29 is 23.0 Å². The topological polar surface area (TPSA) is 80.7 Å². The third-order valence-corrected chi connectivity index (χ3v) is 8.02. The zero-order valence-electron chi connectivity index (χ0n) is 21.6. The van der Waals surface area contributed by atoms with Crippen LogP contribution in [0.4, 0.5) is 14.6 Å². The maximum atomic E-state index is 14.2. The Morgan fingerprint density at radius 3 is 2.55 bits per heavy atom. The first kappa shape index (κ1) is 24.7. The summed E-state index contributed by atoms with van der Waals surface area (Å²) in [6.45, 7) is 3.50. The van der Waals surface area contributed by atoms with Crippen LogP contribution < -0.4 is 20.1 Å². The first-order valence-corrected chi connectivity index (χ1v) is 12.9. The summed E-state index contributed by atoms with van der Waals surface area (Å²) in [6, 6.07) is 12.0. The van der Waals surface area contributed by atoms with E-state index in [1.807, 2.05) is 42.2 Å². The molecule has 2 fully saturated rings. The van der Waals surface area contributed by atoms with Crippen LogP contribution in [0.1, 0.15) is 46.4 Å². The van der Waals surface area contributed by atoms with Gasteiger partial charge in [0.1, 0.15) is 11.9 Å². The normalized spacial score (nSPS) is 23.9. The maximum absolute atomic E-state index is 14.2. The molecule has 3 aromatic rings. The van der Waals surface area contributed by atoms with Crippen molar-refractivity contribution in [2.75, 3.05) is 32.6 Å².